The van der Waals surface area contributed by atoms with Crippen LogP contribution in [-0.2, 0) is 4.79 Å². The van der Waals surface area contributed by atoms with Gasteiger partial charge in [0.15, 0.2) is 0 Å². The monoisotopic (exact) mass is 489 g/mol. The van der Waals surface area contributed by atoms with Crippen molar-refractivity contribution in [1.29, 1.82) is 0 Å². The summed E-state index contributed by atoms with van der Waals surface area (Å²) in [5, 5.41) is 2.84. The molecule has 1 N–H and O–H groups in total. The van der Waals surface area contributed by atoms with Crippen molar-refractivity contribution in [3.05, 3.63) is 54.6 Å². The molecule has 1 aromatic carbocycles. The molecule has 0 aromatic heterocycles. The van der Waals surface area contributed by atoms with Crippen LogP contribution in [0.1, 0.15) is 121 Å². The van der Waals surface area contributed by atoms with Gasteiger partial charge in [-0.3, -0.25) is 4.79 Å². The Hall–Kier alpha value is -1.83. The number of unbranched alkanes of at least 4 members (excludes halogenated alkanes) is 2. The molecule has 0 aliphatic heterocycles. The van der Waals surface area contributed by atoms with Crippen LogP contribution in [-0.4, -0.2) is 5.91 Å². The highest BCUT2D eigenvalue weighted by Gasteiger charge is 2.30. The fourth-order valence-corrected chi connectivity index (χ4v) is 7.43. The molecule has 3 aliphatic carbocycles. The van der Waals surface area contributed by atoms with Gasteiger partial charge in [0.05, 0.1) is 0 Å². The van der Waals surface area contributed by atoms with Crippen LogP contribution >= 0.6 is 0 Å². The summed E-state index contributed by atoms with van der Waals surface area (Å²) < 4.78 is 0. The Morgan fingerprint density at radius 3 is 1.92 bits per heavy atom. The summed E-state index contributed by atoms with van der Waals surface area (Å²) in [6, 6.07) is 8.43. The summed E-state index contributed by atoms with van der Waals surface area (Å²) in [4.78, 5) is 11.5. The summed E-state index contributed by atoms with van der Waals surface area (Å²) >= 11 is 0. The minimum Gasteiger partial charge on any atom is -0.323 e. The molecule has 4 rings (SSSR count). The Labute approximate surface area is 221 Å². The number of carbonyl (C=O) groups excluding carboxylic acids is 1. The minimum absolute atomic E-state index is 0.149. The molecule has 1 aromatic rings. The average Bonchev–Trinajstić information content (AvgIpc) is 2.93. The standard InChI is InChI=1S/C34H51NO/c1-3-5-6-7-26-10-16-29(17-11-26)30-18-12-27(13-19-30)8-9-28-14-20-31(21-15-28)32-22-24-33(25-23-32)35-34(36)4-2/h4,8-9,22-31H,2-3,5-7,10-21H2,1H3,(H,35,36)/b9-8+. The van der Waals surface area contributed by atoms with E-state index in [2.05, 4.69) is 43.1 Å². The highest BCUT2D eigenvalue weighted by atomic mass is 16.1. The quantitative estimate of drug-likeness (QED) is 0.198. The molecule has 0 spiro atoms. The lowest BCUT2D eigenvalue weighted by Gasteiger charge is -2.37. The van der Waals surface area contributed by atoms with Crippen molar-refractivity contribution in [2.75, 3.05) is 5.32 Å². The Morgan fingerprint density at radius 2 is 1.36 bits per heavy atom. The summed E-state index contributed by atoms with van der Waals surface area (Å²) in [5.74, 6) is 5.24. The number of carbonyl (C=O) groups is 1. The van der Waals surface area contributed by atoms with Gasteiger partial charge in [-0.1, -0.05) is 76.3 Å². The van der Waals surface area contributed by atoms with Gasteiger partial charge >= 0.3 is 0 Å². The number of anilines is 1. The fraction of sp³-hybridized carbons (Fsp3) is 0.676. The van der Waals surface area contributed by atoms with E-state index >= 15 is 0 Å². The minimum atomic E-state index is -0.149. The summed E-state index contributed by atoms with van der Waals surface area (Å²) in [7, 11) is 0. The lowest BCUT2D eigenvalue weighted by molar-refractivity contribution is -0.111. The van der Waals surface area contributed by atoms with Gasteiger partial charge in [-0.15, -0.1) is 0 Å². The Kier molecular flexibility index (Phi) is 10.7. The highest BCUT2D eigenvalue weighted by Crippen LogP contribution is 2.43. The van der Waals surface area contributed by atoms with E-state index in [4.69, 9.17) is 0 Å². The second-order valence-electron chi connectivity index (χ2n) is 12.3. The predicted octanol–water partition coefficient (Wildman–Crippen LogP) is 9.83. The van der Waals surface area contributed by atoms with E-state index in [1.807, 2.05) is 12.1 Å². The second-order valence-corrected chi connectivity index (χ2v) is 12.3. The predicted molar refractivity (Wildman–Crippen MR) is 154 cm³/mol. The van der Waals surface area contributed by atoms with E-state index in [0.29, 0.717) is 5.92 Å². The average molecular weight is 490 g/mol. The van der Waals surface area contributed by atoms with Crippen LogP contribution < -0.4 is 5.32 Å². The lowest BCUT2D eigenvalue weighted by Crippen LogP contribution is -2.25. The molecule has 0 unspecified atom stereocenters. The van der Waals surface area contributed by atoms with E-state index in [0.717, 1.165) is 35.3 Å². The van der Waals surface area contributed by atoms with Crippen LogP contribution in [0.2, 0.25) is 0 Å². The van der Waals surface area contributed by atoms with Gasteiger partial charge in [0.1, 0.15) is 0 Å². The first kappa shape index (κ1) is 27.2. The van der Waals surface area contributed by atoms with Crippen molar-refractivity contribution in [3.63, 3.8) is 0 Å². The zero-order chi connectivity index (χ0) is 25.2. The van der Waals surface area contributed by atoms with Gasteiger partial charge < -0.3 is 5.32 Å². The van der Waals surface area contributed by atoms with Crippen molar-refractivity contribution in [2.24, 2.45) is 29.6 Å². The van der Waals surface area contributed by atoms with Crippen molar-refractivity contribution in [1.82, 2.24) is 0 Å². The number of benzene rings is 1. The van der Waals surface area contributed by atoms with Crippen LogP contribution in [0.5, 0.6) is 0 Å². The molecule has 0 radical (unpaired) electrons. The van der Waals surface area contributed by atoms with Crippen LogP contribution in [0.15, 0.2) is 49.1 Å². The molecule has 3 saturated carbocycles. The third-order valence-corrected chi connectivity index (χ3v) is 9.85. The van der Waals surface area contributed by atoms with Crippen LogP contribution in [0.25, 0.3) is 0 Å². The highest BCUT2D eigenvalue weighted by molar-refractivity contribution is 5.98. The van der Waals surface area contributed by atoms with Crippen LogP contribution in [0, 0.1) is 29.6 Å². The molecule has 3 fully saturated rings. The molecular weight excluding hydrogens is 438 g/mol. The summed E-state index contributed by atoms with van der Waals surface area (Å²) in [5.41, 5.74) is 2.27. The topological polar surface area (TPSA) is 29.1 Å². The second kappa shape index (κ2) is 14.2. The zero-order valence-corrected chi connectivity index (χ0v) is 22.9. The smallest absolute Gasteiger partial charge is 0.247 e. The van der Waals surface area contributed by atoms with Crippen LogP contribution in [0.4, 0.5) is 5.69 Å². The fourth-order valence-electron chi connectivity index (χ4n) is 7.43. The number of hydrogen-bond acceptors (Lipinski definition) is 1. The van der Waals surface area contributed by atoms with Gasteiger partial charge in [0.2, 0.25) is 5.91 Å². The SMILES string of the molecule is C=CC(=O)Nc1ccc(C2CCC(/C=C/C3CCC(C4CCC(CCCCC)CC4)CC3)CC2)cc1. The lowest BCUT2D eigenvalue weighted by atomic mass is 9.68. The first-order chi connectivity index (χ1) is 17.6. The number of hydrogen-bond donors (Lipinski definition) is 1. The number of amides is 1. The molecule has 3 aliphatic rings. The molecule has 198 valence electrons. The Morgan fingerprint density at radius 1 is 0.806 bits per heavy atom. The van der Waals surface area contributed by atoms with Gasteiger partial charge in [0.25, 0.3) is 0 Å². The third kappa shape index (κ3) is 8.09. The van der Waals surface area contributed by atoms with E-state index in [-0.39, 0.29) is 5.91 Å². The van der Waals surface area contributed by atoms with E-state index in [9.17, 15) is 4.79 Å². The number of rotatable bonds is 10. The van der Waals surface area contributed by atoms with Gasteiger partial charge in [0, 0.05) is 5.69 Å². The van der Waals surface area contributed by atoms with E-state index in [1.165, 1.54) is 114 Å². The normalized spacial score (nSPS) is 31.2. The van der Waals surface area contributed by atoms with Crippen LogP contribution in [0.3, 0.4) is 0 Å². The maximum atomic E-state index is 11.5. The molecule has 36 heavy (non-hydrogen) atoms. The van der Waals surface area contributed by atoms with Crippen molar-refractivity contribution < 1.29 is 4.79 Å². The molecule has 1 amide bonds. The van der Waals surface area contributed by atoms with Gasteiger partial charge in [-0.05, 0) is 123 Å². The largest absolute Gasteiger partial charge is 0.323 e. The number of nitrogens with one attached hydrogen (secondary N) is 1. The summed E-state index contributed by atoms with van der Waals surface area (Å²) in [6.07, 6.45) is 29.4. The summed E-state index contributed by atoms with van der Waals surface area (Å²) in [6.45, 7) is 5.84. The van der Waals surface area contributed by atoms with Gasteiger partial charge in [-0.2, -0.15) is 0 Å². The van der Waals surface area contributed by atoms with Crippen molar-refractivity contribution >= 4 is 11.6 Å². The van der Waals surface area contributed by atoms with Crippen molar-refractivity contribution in [3.8, 4) is 0 Å². The molecule has 0 bridgehead atoms. The van der Waals surface area contributed by atoms with E-state index < -0.39 is 0 Å². The molecule has 2 nitrogen and oxygen atoms in total. The molecule has 2 heteroatoms. The molecular formula is C34H51NO. The third-order valence-electron chi connectivity index (χ3n) is 9.85. The maximum Gasteiger partial charge on any atom is 0.247 e. The zero-order valence-electron chi connectivity index (χ0n) is 22.9. The maximum absolute atomic E-state index is 11.5. The first-order valence-electron chi connectivity index (χ1n) is 15.4. The Balaban J connectivity index is 1.13. The van der Waals surface area contributed by atoms with Gasteiger partial charge in [-0.25, -0.2) is 0 Å². The molecule has 0 saturated heterocycles. The Bertz CT molecular complexity index is 815. The molecule has 0 heterocycles. The van der Waals surface area contributed by atoms with E-state index in [1.54, 1.807) is 0 Å². The molecule has 0 atom stereocenters. The first-order valence-corrected chi connectivity index (χ1v) is 15.4. The number of allylic oxidation sites excluding steroid dienone is 2. The van der Waals surface area contributed by atoms with Crippen molar-refractivity contribution in [2.45, 2.75) is 116 Å².